The maximum atomic E-state index is 14.1. The van der Waals surface area contributed by atoms with Crippen molar-refractivity contribution in [2.24, 2.45) is 0 Å². The highest BCUT2D eigenvalue weighted by atomic mass is 19.1. The summed E-state index contributed by atoms with van der Waals surface area (Å²) >= 11 is 0. The van der Waals surface area contributed by atoms with Crippen LogP contribution >= 0.6 is 0 Å². The third kappa shape index (κ3) is 5.49. The number of hydrogen-bond donors (Lipinski definition) is 1. The van der Waals surface area contributed by atoms with Gasteiger partial charge >= 0.3 is 0 Å². The number of amides is 1. The fourth-order valence-electron chi connectivity index (χ4n) is 2.21. The van der Waals surface area contributed by atoms with Crippen LogP contribution in [0.1, 0.15) is 22.3 Å². The number of benzene rings is 1. The van der Waals surface area contributed by atoms with E-state index in [4.69, 9.17) is 4.74 Å². The number of carbonyl (C=O) groups excluding carboxylic acids is 1. The SMILES string of the molecule is Cc1cncc(C(=O)Nc2cc(F)c(OCCCN(C)C)c(F)c2)c1. The minimum Gasteiger partial charge on any atom is -0.488 e. The quantitative estimate of drug-likeness (QED) is 0.780. The van der Waals surface area contributed by atoms with Gasteiger partial charge in [-0.1, -0.05) is 0 Å². The topological polar surface area (TPSA) is 54.5 Å². The molecule has 0 atom stereocenters. The second-order valence-corrected chi connectivity index (χ2v) is 5.98. The van der Waals surface area contributed by atoms with Crippen molar-refractivity contribution in [3.63, 3.8) is 0 Å². The number of carbonyl (C=O) groups is 1. The first-order valence-corrected chi connectivity index (χ1v) is 7.86. The molecular weight excluding hydrogens is 328 g/mol. The number of aryl methyl sites for hydroxylation is 1. The maximum absolute atomic E-state index is 14.1. The van der Waals surface area contributed by atoms with Gasteiger partial charge in [-0.25, -0.2) is 8.78 Å². The van der Waals surface area contributed by atoms with E-state index in [9.17, 15) is 13.6 Å². The smallest absolute Gasteiger partial charge is 0.257 e. The Hall–Kier alpha value is -2.54. The van der Waals surface area contributed by atoms with Crippen LogP contribution in [0.25, 0.3) is 0 Å². The zero-order valence-corrected chi connectivity index (χ0v) is 14.5. The van der Waals surface area contributed by atoms with Gasteiger partial charge in [0.1, 0.15) is 0 Å². The summed E-state index contributed by atoms with van der Waals surface area (Å²) in [5.74, 6) is -2.64. The summed E-state index contributed by atoms with van der Waals surface area (Å²) in [6.07, 6.45) is 3.64. The van der Waals surface area contributed by atoms with E-state index >= 15 is 0 Å². The highest BCUT2D eigenvalue weighted by Crippen LogP contribution is 2.26. The average Bonchev–Trinajstić information content (AvgIpc) is 2.53. The second-order valence-electron chi connectivity index (χ2n) is 5.98. The molecule has 25 heavy (non-hydrogen) atoms. The van der Waals surface area contributed by atoms with E-state index in [2.05, 4.69) is 10.3 Å². The zero-order chi connectivity index (χ0) is 18.4. The number of halogens is 2. The summed E-state index contributed by atoms with van der Waals surface area (Å²) in [7, 11) is 3.81. The van der Waals surface area contributed by atoms with Gasteiger partial charge in [0.05, 0.1) is 12.2 Å². The highest BCUT2D eigenvalue weighted by molar-refractivity contribution is 6.04. The number of hydrogen-bond acceptors (Lipinski definition) is 4. The molecule has 0 aliphatic rings. The van der Waals surface area contributed by atoms with Crippen LogP contribution in [-0.4, -0.2) is 43.0 Å². The first-order chi connectivity index (χ1) is 11.9. The van der Waals surface area contributed by atoms with Gasteiger partial charge in [-0.3, -0.25) is 9.78 Å². The van der Waals surface area contributed by atoms with Crippen LogP contribution in [0.4, 0.5) is 14.5 Å². The number of anilines is 1. The molecule has 0 saturated carbocycles. The van der Waals surface area contributed by atoms with Crippen LogP contribution in [0.5, 0.6) is 5.75 Å². The number of rotatable bonds is 7. The normalized spacial score (nSPS) is 10.8. The van der Waals surface area contributed by atoms with E-state index in [-0.39, 0.29) is 12.3 Å². The van der Waals surface area contributed by atoms with E-state index in [1.54, 1.807) is 19.2 Å². The van der Waals surface area contributed by atoms with Gasteiger partial charge in [0, 0.05) is 36.8 Å². The molecule has 0 bridgehead atoms. The van der Waals surface area contributed by atoms with Crippen LogP contribution in [0.2, 0.25) is 0 Å². The predicted octanol–water partition coefficient (Wildman–Crippen LogP) is 3.25. The van der Waals surface area contributed by atoms with Crippen molar-refractivity contribution in [2.75, 3.05) is 32.6 Å². The number of nitrogens with one attached hydrogen (secondary N) is 1. The summed E-state index contributed by atoms with van der Waals surface area (Å²) in [5.41, 5.74) is 1.14. The largest absolute Gasteiger partial charge is 0.488 e. The van der Waals surface area contributed by atoms with Gasteiger partial charge in [0.2, 0.25) is 0 Å². The maximum Gasteiger partial charge on any atom is 0.257 e. The Balaban J connectivity index is 2.04. The van der Waals surface area contributed by atoms with Crippen LogP contribution < -0.4 is 10.1 Å². The Morgan fingerprint density at radius 1 is 1.20 bits per heavy atom. The fourth-order valence-corrected chi connectivity index (χ4v) is 2.21. The summed E-state index contributed by atoms with van der Waals surface area (Å²) in [6, 6.07) is 3.70. The molecule has 134 valence electrons. The fraction of sp³-hybridized carbons (Fsp3) is 0.333. The number of nitrogens with zero attached hydrogens (tertiary/aromatic N) is 2. The van der Waals surface area contributed by atoms with Crippen LogP contribution in [0.15, 0.2) is 30.6 Å². The van der Waals surface area contributed by atoms with Crippen molar-refractivity contribution >= 4 is 11.6 Å². The summed E-state index contributed by atoms with van der Waals surface area (Å²) in [4.78, 5) is 18.0. The molecule has 0 aliphatic carbocycles. The summed E-state index contributed by atoms with van der Waals surface area (Å²) in [6.45, 7) is 2.75. The average molecular weight is 349 g/mol. The Kier molecular flexibility index (Phi) is 6.41. The molecule has 0 fully saturated rings. The first-order valence-electron chi connectivity index (χ1n) is 7.86. The molecule has 7 heteroatoms. The van der Waals surface area contributed by atoms with Crippen LogP contribution in [0, 0.1) is 18.6 Å². The predicted molar refractivity (Wildman–Crippen MR) is 92.0 cm³/mol. The molecule has 0 unspecified atom stereocenters. The van der Waals surface area contributed by atoms with Crippen molar-refractivity contribution in [1.82, 2.24) is 9.88 Å². The Bertz CT molecular complexity index is 728. The lowest BCUT2D eigenvalue weighted by Crippen LogP contribution is -2.16. The van der Waals surface area contributed by atoms with Crippen molar-refractivity contribution < 1.29 is 18.3 Å². The third-order valence-electron chi connectivity index (χ3n) is 3.39. The van der Waals surface area contributed by atoms with Gasteiger partial charge in [0.15, 0.2) is 17.4 Å². The molecule has 1 N–H and O–H groups in total. The molecule has 0 aliphatic heterocycles. The van der Waals surface area contributed by atoms with Gasteiger partial charge in [-0.2, -0.15) is 0 Å². The highest BCUT2D eigenvalue weighted by Gasteiger charge is 2.15. The lowest BCUT2D eigenvalue weighted by Gasteiger charge is -2.13. The summed E-state index contributed by atoms with van der Waals surface area (Å²) < 4.78 is 33.3. The molecule has 1 aromatic carbocycles. The van der Waals surface area contributed by atoms with E-state index in [1.165, 1.54) is 6.20 Å². The third-order valence-corrected chi connectivity index (χ3v) is 3.39. The van der Waals surface area contributed by atoms with E-state index in [0.717, 1.165) is 24.2 Å². The molecule has 0 saturated heterocycles. The molecule has 5 nitrogen and oxygen atoms in total. The van der Waals surface area contributed by atoms with E-state index in [0.29, 0.717) is 12.0 Å². The minimum atomic E-state index is -0.859. The number of pyridine rings is 1. The first kappa shape index (κ1) is 18.8. The zero-order valence-electron chi connectivity index (χ0n) is 14.5. The standard InChI is InChI=1S/C18H21F2N3O2/c1-12-7-13(11-21-10-12)18(24)22-14-8-15(19)17(16(20)9-14)25-6-4-5-23(2)3/h7-11H,4-6H2,1-3H3,(H,22,24). The van der Waals surface area contributed by atoms with Gasteiger partial charge in [-0.05, 0) is 39.1 Å². The van der Waals surface area contributed by atoms with Gasteiger partial charge < -0.3 is 15.0 Å². The second kappa shape index (κ2) is 8.53. The van der Waals surface area contributed by atoms with Crippen LogP contribution in [-0.2, 0) is 0 Å². The van der Waals surface area contributed by atoms with E-state index in [1.807, 2.05) is 19.0 Å². The minimum absolute atomic E-state index is 0.0159. The molecule has 2 rings (SSSR count). The van der Waals surface area contributed by atoms with Crippen molar-refractivity contribution in [3.05, 3.63) is 53.4 Å². The van der Waals surface area contributed by atoms with Gasteiger partial charge in [-0.15, -0.1) is 0 Å². The monoisotopic (exact) mass is 349 g/mol. The number of ether oxygens (including phenoxy) is 1. The Labute approximate surface area is 145 Å². The molecule has 1 aromatic heterocycles. The molecule has 2 aromatic rings. The van der Waals surface area contributed by atoms with E-state index < -0.39 is 23.3 Å². The van der Waals surface area contributed by atoms with Crippen LogP contribution in [0.3, 0.4) is 0 Å². The summed E-state index contributed by atoms with van der Waals surface area (Å²) in [5, 5.41) is 2.46. The Morgan fingerprint density at radius 2 is 1.88 bits per heavy atom. The molecule has 1 heterocycles. The lowest BCUT2D eigenvalue weighted by molar-refractivity contribution is 0.102. The molecule has 1 amide bonds. The molecule has 0 radical (unpaired) electrons. The molecular formula is C18H21F2N3O2. The van der Waals surface area contributed by atoms with Crippen molar-refractivity contribution in [3.8, 4) is 5.75 Å². The van der Waals surface area contributed by atoms with Gasteiger partial charge in [0.25, 0.3) is 5.91 Å². The Morgan fingerprint density at radius 3 is 2.48 bits per heavy atom. The number of aromatic nitrogens is 1. The molecule has 0 spiro atoms. The van der Waals surface area contributed by atoms with Crippen molar-refractivity contribution in [2.45, 2.75) is 13.3 Å². The van der Waals surface area contributed by atoms with Crippen molar-refractivity contribution in [1.29, 1.82) is 0 Å². The lowest BCUT2D eigenvalue weighted by atomic mass is 10.2.